The second-order valence-electron chi connectivity index (χ2n) is 5.83. The lowest BCUT2D eigenvalue weighted by atomic mass is 9.99. The van der Waals surface area contributed by atoms with Crippen molar-refractivity contribution in [3.05, 3.63) is 51.8 Å². The van der Waals surface area contributed by atoms with Gasteiger partial charge in [0.05, 0.1) is 11.8 Å². The van der Waals surface area contributed by atoms with Crippen molar-refractivity contribution in [1.29, 1.82) is 0 Å². The van der Waals surface area contributed by atoms with Gasteiger partial charge in [0.25, 0.3) is 0 Å². The number of nitrogens with one attached hydrogen (secondary N) is 2. The quantitative estimate of drug-likeness (QED) is 0.759. The summed E-state index contributed by atoms with van der Waals surface area (Å²) in [6.07, 6.45) is -0.127. The number of aromatic amines is 1. The Kier molecular flexibility index (Phi) is 5.80. The fraction of sp³-hybridized carbons (Fsp3) is 0.412. The molecular weight excluding hydrogens is 314 g/mol. The molecular formula is C17H22ClN3O2. The molecule has 0 saturated heterocycles. The summed E-state index contributed by atoms with van der Waals surface area (Å²) >= 11 is 5.82. The molecule has 1 aromatic carbocycles. The van der Waals surface area contributed by atoms with E-state index in [1.54, 1.807) is 24.3 Å². The Bertz CT molecular complexity index is 647. The van der Waals surface area contributed by atoms with Gasteiger partial charge in [0.1, 0.15) is 0 Å². The first-order valence-electron chi connectivity index (χ1n) is 7.60. The first-order chi connectivity index (χ1) is 10.9. The zero-order valence-electron chi connectivity index (χ0n) is 13.6. The van der Waals surface area contributed by atoms with Crippen molar-refractivity contribution in [2.45, 2.75) is 33.3 Å². The second-order valence-corrected chi connectivity index (χ2v) is 6.27. The lowest BCUT2D eigenvalue weighted by Crippen LogP contribution is -2.33. The topological polar surface area (TPSA) is 78.0 Å². The second kappa shape index (κ2) is 7.62. The van der Waals surface area contributed by atoms with Gasteiger partial charge in [-0.2, -0.15) is 5.10 Å². The van der Waals surface area contributed by atoms with Crippen LogP contribution in [0.3, 0.4) is 0 Å². The van der Waals surface area contributed by atoms with E-state index in [0.29, 0.717) is 11.4 Å². The highest BCUT2D eigenvalue weighted by Gasteiger charge is 2.18. The molecule has 23 heavy (non-hydrogen) atoms. The number of aromatic nitrogens is 2. The van der Waals surface area contributed by atoms with Crippen molar-refractivity contribution < 1.29 is 9.90 Å². The van der Waals surface area contributed by atoms with Crippen LogP contribution >= 0.6 is 11.6 Å². The maximum Gasteiger partial charge on any atom is 0.223 e. The lowest BCUT2D eigenvalue weighted by Gasteiger charge is -2.16. The lowest BCUT2D eigenvalue weighted by molar-refractivity contribution is -0.124. The minimum atomic E-state index is -0.749. The normalized spacial score (nSPS) is 13.6. The number of halogens is 1. The molecule has 0 saturated carbocycles. The van der Waals surface area contributed by atoms with Crippen molar-refractivity contribution in [3.8, 4) is 0 Å². The van der Waals surface area contributed by atoms with Gasteiger partial charge in [-0.15, -0.1) is 0 Å². The fourth-order valence-corrected chi connectivity index (χ4v) is 2.57. The van der Waals surface area contributed by atoms with Gasteiger partial charge in [-0.05, 0) is 43.5 Å². The number of hydrogen-bond donors (Lipinski definition) is 3. The van der Waals surface area contributed by atoms with Gasteiger partial charge in [0.15, 0.2) is 0 Å². The average molecular weight is 336 g/mol. The summed E-state index contributed by atoms with van der Waals surface area (Å²) in [5.41, 5.74) is 3.71. The highest BCUT2D eigenvalue weighted by atomic mass is 35.5. The van der Waals surface area contributed by atoms with E-state index in [1.807, 2.05) is 20.8 Å². The molecule has 0 unspecified atom stereocenters. The number of aliphatic hydroxyl groups excluding tert-OH is 1. The molecule has 0 aliphatic carbocycles. The standard InChI is InChI=1S/C17H22ClN3O2/c1-10(8-15-11(2)20-21-12(15)3)17(23)19-9-16(22)13-4-6-14(18)7-5-13/h4-7,10,16,22H,8-9H2,1-3H3,(H,19,23)(H,20,21)/t10-,16+/m1/s1. The van der Waals surface area contributed by atoms with Crippen LogP contribution < -0.4 is 5.32 Å². The molecule has 6 heteroatoms. The number of benzene rings is 1. The minimum Gasteiger partial charge on any atom is -0.387 e. The van der Waals surface area contributed by atoms with E-state index in [-0.39, 0.29) is 18.4 Å². The van der Waals surface area contributed by atoms with Gasteiger partial charge in [-0.1, -0.05) is 30.7 Å². The maximum absolute atomic E-state index is 12.2. The van der Waals surface area contributed by atoms with E-state index in [0.717, 1.165) is 22.5 Å². The van der Waals surface area contributed by atoms with Gasteiger partial charge in [0.2, 0.25) is 5.91 Å². The van der Waals surface area contributed by atoms with Gasteiger partial charge < -0.3 is 10.4 Å². The third-order valence-electron chi connectivity index (χ3n) is 3.96. The van der Waals surface area contributed by atoms with Crippen LogP contribution in [0.15, 0.2) is 24.3 Å². The predicted octanol–water partition coefficient (Wildman–Crippen LogP) is 2.71. The van der Waals surface area contributed by atoms with E-state index < -0.39 is 6.10 Å². The number of amides is 1. The number of carbonyl (C=O) groups is 1. The Balaban J connectivity index is 1.87. The number of nitrogens with zero attached hydrogens (tertiary/aromatic N) is 1. The number of aliphatic hydroxyl groups is 1. The van der Waals surface area contributed by atoms with E-state index in [4.69, 9.17) is 11.6 Å². The molecule has 0 aliphatic heterocycles. The molecule has 2 atom stereocenters. The highest BCUT2D eigenvalue weighted by Crippen LogP contribution is 2.17. The van der Waals surface area contributed by atoms with Crippen molar-refractivity contribution in [2.75, 3.05) is 6.54 Å². The van der Waals surface area contributed by atoms with E-state index in [1.165, 1.54) is 0 Å². The third-order valence-corrected chi connectivity index (χ3v) is 4.22. The summed E-state index contributed by atoms with van der Waals surface area (Å²) in [6, 6.07) is 6.94. The zero-order chi connectivity index (χ0) is 17.0. The summed E-state index contributed by atoms with van der Waals surface area (Å²) < 4.78 is 0. The van der Waals surface area contributed by atoms with Crippen LogP contribution in [-0.2, 0) is 11.2 Å². The predicted molar refractivity (Wildman–Crippen MR) is 90.4 cm³/mol. The smallest absolute Gasteiger partial charge is 0.223 e. The monoisotopic (exact) mass is 335 g/mol. The zero-order valence-corrected chi connectivity index (χ0v) is 14.3. The van der Waals surface area contributed by atoms with Crippen LogP contribution in [0.25, 0.3) is 0 Å². The molecule has 2 rings (SSSR count). The Labute approximate surface area is 141 Å². The van der Waals surface area contributed by atoms with Crippen LogP contribution in [0.4, 0.5) is 0 Å². The largest absolute Gasteiger partial charge is 0.387 e. The van der Waals surface area contributed by atoms with Gasteiger partial charge in [-0.3, -0.25) is 9.89 Å². The molecule has 1 amide bonds. The summed E-state index contributed by atoms with van der Waals surface area (Å²) in [5.74, 6) is -0.277. The molecule has 3 N–H and O–H groups in total. The molecule has 0 spiro atoms. The Hall–Kier alpha value is -1.85. The third kappa shape index (κ3) is 4.56. The van der Waals surface area contributed by atoms with Crippen LogP contribution in [-0.4, -0.2) is 27.8 Å². The Morgan fingerprint density at radius 1 is 1.35 bits per heavy atom. The molecule has 1 aromatic heterocycles. The van der Waals surface area contributed by atoms with E-state index in [9.17, 15) is 9.90 Å². The molecule has 124 valence electrons. The van der Waals surface area contributed by atoms with Crippen LogP contribution in [0.2, 0.25) is 5.02 Å². The summed E-state index contributed by atoms with van der Waals surface area (Å²) in [5, 5.41) is 20.6. The van der Waals surface area contributed by atoms with Crippen LogP contribution in [0, 0.1) is 19.8 Å². The maximum atomic E-state index is 12.2. The number of aryl methyl sites for hydroxylation is 2. The Morgan fingerprint density at radius 3 is 2.57 bits per heavy atom. The van der Waals surface area contributed by atoms with E-state index >= 15 is 0 Å². The highest BCUT2D eigenvalue weighted by molar-refractivity contribution is 6.30. The first kappa shape index (κ1) is 17.5. The number of rotatable bonds is 6. The molecule has 1 heterocycles. The van der Waals surface area contributed by atoms with Crippen molar-refractivity contribution in [3.63, 3.8) is 0 Å². The van der Waals surface area contributed by atoms with Crippen LogP contribution in [0.5, 0.6) is 0 Å². The number of H-pyrrole nitrogens is 1. The van der Waals surface area contributed by atoms with Gasteiger partial charge in [0, 0.05) is 23.2 Å². The summed E-state index contributed by atoms with van der Waals surface area (Å²) in [6.45, 7) is 5.92. The molecule has 0 aliphatic rings. The van der Waals surface area contributed by atoms with Crippen LogP contribution in [0.1, 0.15) is 35.5 Å². The summed E-state index contributed by atoms with van der Waals surface area (Å²) in [7, 11) is 0. The van der Waals surface area contributed by atoms with Crippen molar-refractivity contribution >= 4 is 17.5 Å². The fourth-order valence-electron chi connectivity index (χ4n) is 2.45. The minimum absolute atomic E-state index is 0.0852. The molecule has 2 aromatic rings. The van der Waals surface area contributed by atoms with Crippen molar-refractivity contribution in [1.82, 2.24) is 15.5 Å². The molecule has 0 bridgehead atoms. The average Bonchev–Trinajstić information content (AvgIpc) is 2.84. The van der Waals surface area contributed by atoms with Gasteiger partial charge >= 0.3 is 0 Å². The summed E-state index contributed by atoms with van der Waals surface area (Å²) in [4.78, 5) is 12.2. The SMILES string of the molecule is Cc1n[nH]c(C)c1C[C@@H](C)C(=O)NC[C@H](O)c1ccc(Cl)cc1. The van der Waals surface area contributed by atoms with E-state index in [2.05, 4.69) is 15.5 Å². The number of carbonyl (C=O) groups excluding carboxylic acids is 1. The Morgan fingerprint density at radius 2 is 2.00 bits per heavy atom. The molecule has 0 fully saturated rings. The molecule has 5 nitrogen and oxygen atoms in total. The first-order valence-corrected chi connectivity index (χ1v) is 7.98. The van der Waals surface area contributed by atoms with Gasteiger partial charge in [-0.25, -0.2) is 0 Å². The molecule has 0 radical (unpaired) electrons. The number of hydrogen-bond acceptors (Lipinski definition) is 3. The van der Waals surface area contributed by atoms with Crippen molar-refractivity contribution in [2.24, 2.45) is 5.92 Å².